The van der Waals surface area contributed by atoms with Crippen molar-refractivity contribution in [3.8, 4) is 11.5 Å². The van der Waals surface area contributed by atoms with Crippen LogP contribution in [0.3, 0.4) is 0 Å². The van der Waals surface area contributed by atoms with E-state index < -0.39 is 11.3 Å². The molecule has 0 spiro atoms. The van der Waals surface area contributed by atoms with Crippen molar-refractivity contribution in [2.24, 2.45) is 0 Å². The molecule has 0 bridgehead atoms. The average Bonchev–Trinajstić information content (AvgIpc) is 2.44. The SMILES string of the molecule is CC(=O)Nc1cccc(OS(=O)Nc2cc(Cl)c(O)c(Cl)c2)c1. The molecule has 2 rings (SSSR count). The molecular formula is C14H12Cl2N2O4S. The minimum absolute atomic E-state index is 0.0182. The smallest absolute Gasteiger partial charge is 0.316 e. The standard InChI is InChI=1S/C14H12Cl2N2O4S/c1-8(19)17-9-3-2-4-11(5-9)22-23(21)18-10-6-12(15)14(20)13(16)7-10/h2-7,18,20H,1H3,(H,17,19). The number of carbonyl (C=O) groups excluding carboxylic acids is 1. The summed E-state index contributed by atoms with van der Waals surface area (Å²) in [5.74, 6) is -0.193. The van der Waals surface area contributed by atoms with Crippen LogP contribution in [0.15, 0.2) is 36.4 Å². The molecule has 0 saturated carbocycles. The largest absolute Gasteiger partial charge is 0.505 e. The summed E-state index contributed by atoms with van der Waals surface area (Å²) in [5.41, 5.74) is 0.830. The molecule has 0 aliphatic rings. The number of aromatic hydroxyl groups is 1. The number of phenols is 1. The van der Waals surface area contributed by atoms with Crippen molar-refractivity contribution < 1.29 is 18.3 Å². The molecule has 0 aliphatic heterocycles. The van der Waals surface area contributed by atoms with Crippen LogP contribution < -0.4 is 14.2 Å². The summed E-state index contributed by atoms with van der Waals surface area (Å²) in [6.07, 6.45) is 0. The Hall–Kier alpha value is -1.96. The predicted molar refractivity (Wildman–Crippen MR) is 91.3 cm³/mol. The van der Waals surface area contributed by atoms with Crippen molar-refractivity contribution in [2.75, 3.05) is 10.0 Å². The van der Waals surface area contributed by atoms with E-state index >= 15 is 0 Å². The Morgan fingerprint density at radius 1 is 1.17 bits per heavy atom. The van der Waals surface area contributed by atoms with Crippen molar-refractivity contribution >= 4 is 51.8 Å². The van der Waals surface area contributed by atoms with Gasteiger partial charge in [0.05, 0.1) is 15.7 Å². The number of carbonyl (C=O) groups is 1. The third-order valence-electron chi connectivity index (χ3n) is 2.54. The van der Waals surface area contributed by atoms with Gasteiger partial charge in [0.2, 0.25) is 5.91 Å². The average molecular weight is 375 g/mol. The Balaban J connectivity index is 2.06. The van der Waals surface area contributed by atoms with Crippen LogP contribution in [0.1, 0.15) is 6.92 Å². The number of anilines is 2. The lowest BCUT2D eigenvalue weighted by molar-refractivity contribution is -0.114. The minimum Gasteiger partial charge on any atom is -0.505 e. The monoisotopic (exact) mass is 374 g/mol. The van der Waals surface area contributed by atoms with Gasteiger partial charge in [0.15, 0.2) is 5.75 Å². The molecule has 0 fully saturated rings. The number of amides is 1. The van der Waals surface area contributed by atoms with Gasteiger partial charge in [-0.3, -0.25) is 9.52 Å². The minimum atomic E-state index is -1.93. The molecule has 0 saturated heterocycles. The molecule has 1 unspecified atom stereocenters. The van der Waals surface area contributed by atoms with E-state index in [-0.39, 0.29) is 27.5 Å². The normalized spacial score (nSPS) is 11.6. The fourth-order valence-electron chi connectivity index (χ4n) is 1.66. The highest BCUT2D eigenvalue weighted by Gasteiger charge is 2.10. The molecule has 0 heterocycles. The summed E-state index contributed by atoms with van der Waals surface area (Å²) in [4.78, 5) is 11.0. The topological polar surface area (TPSA) is 87.7 Å². The number of phenolic OH excluding ortho intramolecular Hbond substituents is 1. The maximum atomic E-state index is 12.0. The third kappa shape index (κ3) is 5.02. The number of nitrogens with one attached hydrogen (secondary N) is 2. The van der Waals surface area contributed by atoms with E-state index in [1.807, 2.05) is 0 Å². The molecule has 2 aromatic rings. The second-order valence-corrected chi connectivity index (χ2v) is 6.07. The summed E-state index contributed by atoms with van der Waals surface area (Å²) in [6.45, 7) is 1.38. The fraction of sp³-hybridized carbons (Fsp3) is 0.0714. The zero-order valence-electron chi connectivity index (χ0n) is 11.8. The Labute approximate surface area is 145 Å². The van der Waals surface area contributed by atoms with Gasteiger partial charge < -0.3 is 14.6 Å². The highest BCUT2D eigenvalue weighted by atomic mass is 35.5. The summed E-state index contributed by atoms with van der Waals surface area (Å²) < 4.78 is 19.7. The van der Waals surface area contributed by atoms with Gasteiger partial charge in [0.25, 0.3) is 0 Å². The van der Waals surface area contributed by atoms with Crippen molar-refractivity contribution in [1.82, 2.24) is 0 Å². The molecule has 0 aromatic heterocycles. The molecular weight excluding hydrogens is 363 g/mol. The van der Waals surface area contributed by atoms with Gasteiger partial charge in [-0.25, -0.2) is 0 Å². The molecule has 0 aliphatic carbocycles. The van der Waals surface area contributed by atoms with E-state index in [4.69, 9.17) is 27.4 Å². The lowest BCUT2D eigenvalue weighted by Gasteiger charge is -2.10. The zero-order valence-corrected chi connectivity index (χ0v) is 14.1. The van der Waals surface area contributed by atoms with Crippen LogP contribution in [0.2, 0.25) is 10.0 Å². The maximum Gasteiger partial charge on any atom is 0.316 e. The Kier molecular flexibility index (Phi) is 5.70. The van der Waals surface area contributed by atoms with Crippen LogP contribution in [0.5, 0.6) is 11.5 Å². The van der Waals surface area contributed by atoms with Gasteiger partial charge in [0.1, 0.15) is 5.75 Å². The van der Waals surface area contributed by atoms with E-state index in [1.165, 1.54) is 25.1 Å². The zero-order chi connectivity index (χ0) is 17.0. The lowest BCUT2D eigenvalue weighted by Crippen LogP contribution is -2.11. The van der Waals surface area contributed by atoms with E-state index in [2.05, 4.69) is 10.0 Å². The van der Waals surface area contributed by atoms with Gasteiger partial charge in [-0.15, -0.1) is 0 Å². The van der Waals surface area contributed by atoms with E-state index in [1.54, 1.807) is 18.2 Å². The molecule has 1 amide bonds. The Morgan fingerprint density at radius 3 is 2.43 bits per heavy atom. The second kappa shape index (κ2) is 7.54. The number of benzene rings is 2. The number of hydrogen-bond acceptors (Lipinski definition) is 4. The van der Waals surface area contributed by atoms with Crippen molar-refractivity contribution in [3.05, 3.63) is 46.4 Å². The van der Waals surface area contributed by atoms with Gasteiger partial charge in [0, 0.05) is 18.7 Å². The van der Waals surface area contributed by atoms with E-state index in [0.717, 1.165) is 0 Å². The van der Waals surface area contributed by atoms with Crippen LogP contribution in [0.4, 0.5) is 11.4 Å². The summed E-state index contributed by atoms with van der Waals surface area (Å²) >= 11 is 9.63. The van der Waals surface area contributed by atoms with Gasteiger partial charge in [-0.1, -0.05) is 29.3 Å². The second-order valence-electron chi connectivity index (χ2n) is 4.42. The molecule has 0 radical (unpaired) electrons. The first-order chi connectivity index (χ1) is 10.8. The molecule has 1 atom stereocenters. The van der Waals surface area contributed by atoms with Crippen LogP contribution in [-0.2, 0) is 16.1 Å². The molecule has 3 N–H and O–H groups in total. The Bertz CT molecular complexity index is 747. The van der Waals surface area contributed by atoms with Crippen molar-refractivity contribution in [1.29, 1.82) is 0 Å². The van der Waals surface area contributed by atoms with E-state index in [9.17, 15) is 14.1 Å². The maximum absolute atomic E-state index is 12.0. The van der Waals surface area contributed by atoms with Gasteiger partial charge in [-0.05, 0) is 24.3 Å². The summed E-state index contributed by atoms with van der Waals surface area (Å²) in [6, 6.07) is 9.14. The summed E-state index contributed by atoms with van der Waals surface area (Å²) in [7, 11) is 0. The van der Waals surface area contributed by atoms with Crippen LogP contribution in [0, 0.1) is 0 Å². The third-order valence-corrected chi connectivity index (χ3v) is 3.87. The van der Waals surface area contributed by atoms with E-state index in [0.29, 0.717) is 11.4 Å². The number of rotatable bonds is 5. The highest BCUT2D eigenvalue weighted by Crippen LogP contribution is 2.34. The number of hydrogen-bond donors (Lipinski definition) is 3. The molecule has 23 heavy (non-hydrogen) atoms. The van der Waals surface area contributed by atoms with Crippen LogP contribution in [0.25, 0.3) is 0 Å². The first-order valence-corrected chi connectivity index (χ1v) is 8.10. The molecule has 6 nitrogen and oxygen atoms in total. The molecule has 2 aromatic carbocycles. The van der Waals surface area contributed by atoms with Crippen molar-refractivity contribution in [2.45, 2.75) is 6.92 Å². The van der Waals surface area contributed by atoms with Crippen LogP contribution >= 0.6 is 23.2 Å². The predicted octanol–water partition coefficient (Wildman–Crippen LogP) is 3.73. The molecule has 9 heteroatoms. The summed E-state index contributed by atoms with van der Waals surface area (Å²) in [5, 5.41) is 12.1. The van der Waals surface area contributed by atoms with Gasteiger partial charge in [-0.2, -0.15) is 4.21 Å². The highest BCUT2D eigenvalue weighted by molar-refractivity contribution is 7.81. The van der Waals surface area contributed by atoms with Crippen LogP contribution in [-0.4, -0.2) is 15.2 Å². The van der Waals surface area contributed by atoms with Crippen molar-refractivity contribution in [3.63, 3.8) is 0 Å². The number of halogens is 2. The molecule has 122 valence electrons. The quantitative estimate of drug-likeness (QED) is 0.695. The first-order valence-electron chi connectivity index (χ1n) is 6.27. The first kappa shape index (κ1) is 17.4. The lowest BCUT2D eigenvalue weighted by atomic mass is 10.3. The fourth-order valence-corrected chi connectivity index (χ4v) is 2.78. The van der Waals surface area contributed by atoms with Gasteiger partial charge >= 0.3 is 11.3 Å². The Morgan fingerprint density at radius 2 is 1.83 bits per heavy atom.